The van der Waals surface area contributed by atoms with Crippen LogP contribution in [0.3, 0.4) is 0 Å². The molecule has 2 aromatic heterocycles. The number of carbonyl (C=O) groups is 1. The average molecular weight is 428 g/mol. The molecular formula is C21H22ClN5O3. The van der Waals surface area contributed by atoms with E-state index < -0.39 is 5.54 Å². The molecule has 2 saturated heterocycles. The van der Waals surface area contributed by atoms with Crippen LogP contribution in [0.5, 0.6) is 0 Å². The molecule has 156 valence electrons. The molecule has 2 bridgehead atoms. The predicted molar refractivity (Wildman–Crippen MR) is 110 cm³/mol. The number of aromatic nitrogens is 3. The van der Waals surface area contributed by atoms with Crippen molar-refractivity contribution in [1.82, 2.24) is 20.1 Å². The lowest BCUT2D eigenvalue weighted by Crippen LogP contribution is -2.70. The minimum absolute atomic E-state index is 0.155. The van der Waals surface area contributed by atoms with Gasteiger partial charge < -0.3 is 19.1 Å². The van der Waals surface area contributed by atoms with Gasteiger partial charge in [-0.2, -0.15) is 0 Å². The minimum Gasteiger partial charge on any atom is -0.444 e. The van der Waals surface area contributed by atoms with Crippen LogP contribution < -0.4 is 5.32 Å². The molecule has 9 heteroatoms. The molecule has 3 aromatic rings. The largest absolute Gasteiger partial charge is 0.444 e. The minimum atomic E-state index is -0.539. The second kappa shape index (κ2) is 6.84. The summed E-state index contributed by atoms with van der Waals surface area (Å²) in [6, 6.07) is 5.23. The zero-order chi connectivity index (χ0) is 21.0. The maximum atomic E-state index is 13.3. The third kappa shape index (κ3) is 2.98. The van der Waals surface area contributed by atoms with Crippen molar-refractivity contribution in [2.24, 2.45) is 5.92 Å². The Hall–Kier alpha value is -2.87. The summed E-state index contributed by atoms with van der Waals surface area (Å²) >= 11 is 6.33. The summed E-state index contributed by atoms with van der Waals surface area (Å²) in [6.07, 6.45) is 4.17. The SMILES string of the molecule is Cc1coc(-c2cc(NC(=O)N3C4C[C@H](C)CC3(c3nnc(C)o3)C4)ccc2Cl)n1. The van der Waals surface area contributed by atoms with Gasteiger partial charge in [0.2, 0.25) is 17.7 Å². The van der Waals surface area contributed by atoms with Crippen molar-refractivity contribution in [2.75, 3.05) is 5.32 Å². The average Bonchev–Trinajstić information content (AvgIpc) is 3.31. The lowest BCUT2D eigenvalue weighted by atomic mass is 9.64. The Balaban J connectivity index is 1.43. The molecule has 0 radical (unpaired) electrons. The lowest BCUT2D eigenvalue weighted by Gasteiger charge is -2.61. The van der Waals surface area contributed by atoms with Crippen LogP contribution in [0.4, 0.5) is 10.5 Å². The number of hydrogen-bond donors (Lipinski definition) is 1. The highest BCUT2D eigenvalue weighted by molar-refractivity contribution is 6.33. The molecule has 1 aromatic carbocycles. The second-order valence-electron chi connectivity index (χ2n) is 8.35. The quantitative estimate of drug-likeness (QED) is 0.636. The van der Waals surface area contributed by atoms with E-state index in [-0.39, 0.29) is 12.1 Å². The van der Waals surface area contributed by atoms with Crippen molar-refractivity contribution in [3.05, 3.63) is 47.0 Å². The van der Waals surface area contributed by atoms with E-state index in [2.05, 4.69) is 27.4 Å². The Morgan fingerprint density at radius 2 is 2.13 bits per heavy atom. The number of benzene rings is 1. The van der Waals surface area contributed by atoms with Crippen molar-refractivity contribution in [3.63, 3.8) is 0 Å². The molecule has 2 unspecified atom stereocenters. The van der Waals surface area contributed by atoms with Gasteiger partial charge in [-0.15, -0.1) is 10.2 Å². The van der Waals surface area contributed by atoms with Gasteiger partial charge in [-0.25, -0.2) is 9.78 Å². The number of urea groups is 1. The first-order chi connectivity index (χ1) is 14.4. The number of nitrogens with one attached hydrogen (secondary N) is 1. The van der Waals surface area contributed by atoms with Crippen LogP contribution in [0.15, 0.2) is 33.3 Å². The number of aryl methyl sites for hydroxylation is 2. The Morgan fingerprint density at radius 1 is 1.30 bits per heavy atom. The zero-order valence-electron chi connectivity index (χ0n) is 17.0. The molecule has 0 saturated carbocycles. The molecule has 4 heterocycles. The highest BCUT2D eigenvalue weighted by atomic mass is 35.5. The molecule has 1 N–H and O–H groups in total. The Morgan fingerprint density at radius 3 is 2.83 bits per heavy atom. The maximum Gasteiger partial charge on any atom is 0.323 e. The molecule has 0 spiro atoms. The van der Waals surface area contributed by atoms with Gasteiger partial charge >= 0.3 is 6.03 Å². The Bertz CT molecular complexity index is 1130. The fourth-order valence-corrected chi connectivity index (χ4v) is 5.06. The molecular weight excluding hydrogens is 406 g/mol. The third-order valence-electron chi connectivity index (χ3n) is 5.97. The van der Waals surface area contributed by atoms with Gasteiger partial charge in [0.15, 0.2) is 0 Å². The number of hydrogen-bond acceptors (Lipinski definition) is 6. The van der Waals surface area contributed by atoms with E-state index in [1.165, 1.54) is 0 Å². The Kier molecular flexibility index (Phi) is 4.36. The van der Waals surface area contributed by atoms with Gasteiger partial charge in [-0.3, -0.25) is 0 Å². The lowest BCUT2D eigenvalue weighted by molar-refractivity contribution is -0.110. The highest BCUT2D eigenvalue weighted by Gasteiger charge is 2.62. The van der Waals surface area contributed by atoms with Crippen molar-refractivity contribution in [2.45, 2.75) is 51.6 Å². The summed E-state index contributed by atoms with van der Waals surface area (Å²) in [5.41, 5.74) is 1.46. The standard InChI is InChI=1S/C21H22ClN5O3/c1-11-6-15-9-21(8-11,19-26-25-13(3)30-19)27(15)20(28)24-14-4-5-17(22)16(7-14)18-23-12(2)10-29-18/h4-5,7,10-11,15H,6,8-9H2,1-3H3,(H,24,28)/t11-,15?,21?/m0/s1. The molecule has 0 aliphatic carbocycles. The molecule has 5 rings (SSSR count). The number of halogens is 1. The summed E-state index contributed by atoms with van der Waals surface area (Å²) in [6.45, 7) is 5.80. The topological polar surface area (TPSA) is 97.3 Å². The summed E-state index contributed by atoms with van der Waals surface area (Å²) in [5, 5.41) is 11.7. The van der Waals surface area contributed by atoms with Gasteiger partial charge in [-0.1, -0.05) is 18.5 Å². The Labute approximate surface area is 178 Å². The fraction of sp³-hybridized carbons (Fsp3) is 0.429. The zero-order valence-corrected chi connectivity index (χ0v) is 17.7. The predicted octanol–water partition coefficient (Wildman–Crippen LogP) is 4.93. The number of carbonyl (C=O) groups excluding carboxylic acids is 1. The summed E-state index contributed by atoms with van der Waals surface area (Å²) in [5.74, 6) is 1.92. The van der Waals surface area contributed by atoms with E-state index in [1.807, 2.05) is 11.8 Å². The van der Waals surface area contributed by atoms with Crippen molar-refractivity contribution >= 4 is 23.3 Å². The van der Waals surface area contributed by atoms with Gasteiger partial charge in [0.25, 0.3) is 0 Å². The first-order valence-electron chi connectivity index (χ1n) is 9.99. The second-order valence-corrected chi connectivity index (χ2v) is 8.76. The van der Waals surface area contributed by atoms with Crippen LogP contribution in [0.25, 0.3) is 11.5 Å². The van der Waals surface area contributed by atoms with Crippen molar-refractivity contribution < 1.29 is 13.6 Å². The summed E-state index contributed by atoms with van der Waals surface area (Å²) in [7, 11) is 0. The van der Waals surface area contributed by atoms with Crippen LogP contribution in [-0.2, 0) is 5.54 Å². The maximum absolute atomic E-state index is 13.3. The number of fused-ring (bicyclic) bond motifs is 2. The number of anilines is 1. The van der Waals surface area contributed by atoms with Gasteiger partial charge in [0, 0.05) is 25.1 Å². The molecule has 8 nitrogen and oxygen atoms in total. The number of rotatable bonds is 3. The first kappa shape index (κ1) is 19.1. The summed E-state index contributed by atoms with van der Waals surface area (Å²) < 4.78 is 11.2. The highest BCUT2D eigenvalue weighted by Crippen LogP contribution is 2.55. The van der Waals surface area contributed by atoms with Crippen LogP contribution in [-0.4, -0.2) is 32.2 Å². The molecule has 2 amide bonds. The smallest absolute Gasteiger partial charge is 0.323 e. The normalized spacial score (nSPS) is 25.1. The molecule has 3 atom stereocenters. The van der Waals surface area contributed by atoms with E-state index in [0.717, 1.165) is 25.0 Å². The first-order valence-corrected chi connectivity index (χ1v) is 10.4. The number of piperidine rings is 1. The molecule has 2 aliphatic heterocycles. The number of nitrogens with zero attached hydrogens (tertiary/aromatic N) is 4. The van der Waals surface area contributed by atoms with Crippen LogP contribution in [0.2, 0.25) is 5.02 Å². The number of oxazole rings is 1. The van der Waals surface area contributed by atoms with E-state index in [0.29, 0.717) is 39.9 Å². The molecule has 2 aliphatic rings. The third-order valence-corrected chi connectivity index (χ3v) is 6.30. The van der Waals surface area contributed by atoms with Crippen molar-refractivity contribution in [1.29, 1.82) is 0 Å². The fourth-order valence-electron chi connectivity index (χ4n) is 4.86. The van der Waals surface area contributed by atoms with Crippen molar-refractivity contribution in [3.8, 4) is 11.5 Å². The van der Waals surface area contributed by atoms with E-state index in [1.54, 1.807) is 31.4 Å². The summed E-state index contributed by atoms with van der Waals surface area (Å²) in [4.78, 5) is 19.5. The van der Waals surface area contributed by atoms with Gasteiger partial charge in [-0.05, 0) is 43.9 Å². The van der Waals surface area contributed by atoms with Crippen LogP contribution in [0, 0.1) is 19.8 Å². The number of amides is 2. The van der Waals surface area contributed by atoms with Gasteiger partial charge in [0.1, 0.15) is 11.8 Å². The van der Waals surface area contributed by atoms with Crippen LogP contribution in [0.1, 0.15) is 43.7 Å². The van der Waals surface area contributed by atoms with E-state index in [9.17, 15) is 4.79 Å². The van der Waals surface area contributed by atoms with E-state index >= 15 is 0 Å². The molecule has 2 fully saturated rings. The van der Waals surface area contributed by atoms with E-state index in [4.69, 9.17) is 20.4 Å². The van der Waals surface area contributed by atoms with Gasteiger partial charge in [0.05, 0.1) is 16.3 Å². The van der Waals surface area contributed by atoms with Crippen LogP contribution >= 0.6 is 11.6 Å². The molecule has 30 heavy (non-hydrogen) atoms. The monoisotopic (exact) mass is 427 g/mol.